The lowest BCUT2D eigenvalue weighted by atomic mass is 10.1. The maximum absolute atomic E-state index is 12.4. The highest BCUT2D eigenvalue weighted by Gasteiger charge is 2.29. The summed E-state index contributed by atoms with van der Waals surface area (Å²) in [6.45, 7) is 0.195. The first-order valence-corrected chi connectivity index (χ1v) is 8.38. The van der Waals surface area contributed by atoms with Crippen LogP contribution in [0.1, 0.15) is 20.3 Å². The minimum atomic E-state index is -4.42. The fourth-order valence-corrected chi connectivity index (χ4v) is 3.41. The third-order valence-corrected chi connectivity index (χ3v) is 4.44. The summed E-state index contributed by atoms with van der Waals surface area (Å²) in [6, 6.07) is 1.66. The fraction of sp³-hybridized carbons (Fsp3) is 0.462. The molecule has 0 aliphatic rings. The van der Waals surface area contributed by atoms with Crippen LogP contribution in [0.25, 0.3) is 0 Å². The van der Waals surface area contributed by atoms with E-state index in [4.69, 9.17) is 16.7 Å². The van der Waals surface area contributed by atoms with Gasteiger partial charge in [0, 0.05) is 5.02 Å². The van der Waals surface area contributed by atoms with Crippen LogP contribution in [0.15, 0.2) is 23.1 Å². The maximum Gasteiger partial charge on any atom is 0.387 e. The fourth-order valence-electron chi connectivity index (χ4n) is 1.81. The molecule has 1 atom stereocenters. The van der Waals surface area contributed by atoms with Gasteiger partial charge in [-0.05, 0) is 30.5 Å². The molecule has 10 heteroatoms. The van der Waals surface area contributed by atoms with Crippen molar-refractivity contribution in [3.05, 3.63) is 23.2 Å². The molecular weight excluding hydrogens is 356 g/mol. The van der Waals surface area contributed by atoms with E-state index in [1.807, 2.05) is 4.72 Å². The van der Waals surface area contributed by atoms with Crippen LogP contribution in [-0.2, 0) is 14.8 Å². The second kappa shape index (κ2) is 7.89. The van der Waals surface area contributed by atoms with Gasteiger partial charge in [-0.25, -0.2) is 8.42 Å². The van der Waals surface area contributed by atoms with Crippen LogP contribution >= 0.6 is 11.6 Å². The van der Waals surface area contributed by atoms with Gasteiger partial charge >= 0.3 is 12.6 Å². The molecule has 1 aromatic carbocycles. The van der Waals surface area contributed by atoms with Crippen LogP contribution in [0.5, 0.6) is 5.75 Å². The molecule has 1 aromatic rings. The molecule has 0 amide bonds. The molecule has 0 aromatic heterocycles. The molecule has 0 bridgehead atoms. The summed E-state index contributed by atoms with van der Waals surface area (Å²) < 4.78 is 55.5. The third-order valence-electron chi connectivity index (χ3n) is 2.71. The van der Waals surface area contributed by atoms with E-state index in [2.05, 4.69) is 4.74 Å². The first-order valence-electron chi connectivity index (χ1n) is 6.52. The van der Waals surface area contributed by atoms with Crippen LogP contribution in [0.2, 0.25) is 5.02 Å². The molecule has 0 unspecified atom stereocenters. The minimum absolute atomic E-state index is 0.0253. The Labute approximate surface area is 137 Å². The molecule has 0 aliphatic carbocycles. The van der Waals surface area contributed by atoms with Gasteiger partial charge in [-0.1, -0.05) is 25.4 Å². The van der Waals surface area contributed by atoms with E-state index in [-0.39, 0.29) is 17.4 Å². The Kier molecular flexibility index (Phi) is 6.72. The average Bonchev–Trinajstić information content (AvgIpc) is 2.38. The highest BCUT2D eigenvalue weighted by molar-refractivity contribution is 7.89. The number of carbonyl (C=O) groups is 1. The number of hydrogen-bond acceptors (Lipinski definition) is 4. The number of benzene rings is 1. The number of carboxylic acids is 1. The number of ether oxygens (including phenoxy) is 1. The van der Waals surface area contributed by atoms with Gasteiger partial charge in [0.25, 0.3) is 0 Å². The number of carboxylic acid groups (broad SMARTS) is 1. The Morgan fingerprint density at radius 2 is 2.00 bits per heavy atom. The van der Waals surface area contributed by atoms with E-state index in [1.165, 1.54) is 6.07 Å². The third kappa shape index (κ3) is 5.92. The molecule has 130 valence electrons. The van der Waals surface area contributed by atoms with Crippen molar-refractivity contribution in [2.45, 2.75) is 37.8 Å². The average molecular weight is 372 g/mol. The smallest absolute Gasteiger partial charge is 0.387 e. The molecule has 23 heavy (non-hydrogen) atoms. The first kappa shape index (κ1) is 19.6. The van der Waals surface area contributed by atoms with Crippen LogP contribution in [0.3, 0.4) is 0 Å². The Morgan fingerprint density at radius 1 is 1.39 bits per heavy atom. The van der Waals surface area contributed by atoms with Crippen LogP contribution in [0.4, 0.5) is 8.78 Å². The van der Waals surface area contributed by atoms with Crippen molar-refractivity contribution < 1.29 is 31.8 Å². The topological polar surface area (TPSA) is 92.7 Å². The van der Waals surface area contributed by atoms with Crippen molar-refractivity contribution in [1.82, 2.24) is 4.72 Å². The lowest BCUT2D eigenvalue weighted by molar-refractivity contribution is -0.139. The predicted octanol–water partition coefficient (Wildman–Crippen LogP) is 2.72. The zero-order chi connectivity index (χ0) is 17.8. The summed E-state index contributed by atoms with van der Waals surface area (Å²) in [5.41, 5.74) is 0. The van der Waals surface area contributed by atoms with Crippen LogP contribution in [-0.4, -0.2) is 32.1 Å². The second-order valence-electron chi connectivity index (χ2n) is 5.11. The monoisotopic (exact) mass is 371 g/mol. The normalized spacial score (nSPS) is 13.3. The molecule has 0 heterocycles. The van der Waals surface area contributed by atoms with Crippen molar-refractivity contribution in [3.63, 3.8) is 0 Å². The summed E-state index contributed by atoms with van der Waals surface area (Å²) in [7, 11) is -4.42. The molecule has 6 nitrogen and oxygen atoms in total. The largest absolute Gasteiger partial charge is 0.480 e. The molecular formula is C13H16ClF2NO5S. The summed E-state index contributed by atoms with van der Waals surface area (Å²) in [5.74, 6) is -2.10. The van der Waals surface area contributed by atoms with E-state index in [0.717, 1.165) is 12.1 Å². The predicted molar refractivity (Wildman–Crippen MR) is 79.3 cm³/mol. The maximum atomic E-state index is 12.4. The Hall–Kier alpha value is -1.45. The van der Waals surface area contributed by atoms with E-state index < -0.39 is 39.3 Å². The minimum Gasteiger partial charge on any atom is -0.480 e. The molecule has 1 rings (SSSR count). The molecule has 0 fully saturated rings. The first-order chi connectivity index (χ1) is 10.5. The van der Waals surface area contributed by atoms with Gasteiger partial charge < -0.3 is 9.84 Å². The highest BCUT2D eigenvalue weighted by Crippen LogP contribution is 2.29. The molecule has 0 spiro atoms. The summed E-state index contributed by atoms with van der Waals surface area (Å²) in [5, 5.41) is 9.07. The summed E-state index contributed by atoms with van der Waals surface area (Å²) in [4.78, 5) is 10.5. The number of hydrogen-bond donors (Lipinski definition) is 2. The van der Waals surface area contributed by atoms with Gasteiger partial charge in [-0.2, -0.15) is 13.5 Å². The number of rotatable bonds is 8. The Balaban J connectivity index is 3.21. The quantitative estimate of drug-likeness (QED) is 0.733. The van der Waals surface area contributed by atoms with Crippen LogP contribution < -0.4 is 9.46 Å². The highest BCUT2D eigenvalue weighted by atomic mass is 35.5. The standard InChI is InChI=1S/C13H16ClF2NO5S/c1-7(2)5-9(12(18)19)17-23(20,21)11-6-8(14)3-4-10(11)22-13(15)16/h3-4,6-7,9,13,17H,5H2,1-2H3,(H,18,19)/t9-/m1/s1. The van der Waals surface area contributed by atoms with E-state index in [0.29, 0.717) is 0 Å². The molecule has 0 saturated heterocycles. The number of sulfonamides is 1. The van der Waals surface area contributed by atoms with Crippen molar-refractivity contribution in [2.75, 3.05) is 0 Å². The summed E-state index contributed by atoms with van der Waals surface area (Å²) >= 11 is 5.69. The van der Waals surface area contributed by atoms with Crippen molar-refractivity contribution in [2.24, 2.45) is 5.92 Å². The Morgan fingerprint density at radius 3 is 2.48 bits per heavy atom. The SMILES string of the molecule is CC(C)C[C@@H](NS(=O)(=O)c1cc(Cl)ccc1OC(F)F)C(=O)O. The number of alkyl halides is 2. The van der Waals surface area contributed by atoms with Gasteiger partial charge in [0.1, 0.15) is 16.7 Å². The molecule has 0 radical (unpaired) electrons. The number of halogens is 3. The van der Waals surface area contributed by atoms with Crippen molar-refractivity contribution >= 4 is 27.6 Å². The van der Waals surface area contributed by atoms with Gasteiger partial charge in [-0.3, -0.25) is 4.79 Å². The van der Waals surface area contributed by atoms with Gasteiger partial charge in [0.15, 0.2) is 0 Å². The Bertz CT molecular complexity index is 666. The molecule has 0 saturated carbocycles. The molecule has 2 N–H and O–H groups in total. The van der Waals surface area contributed by atoms with Crippen molar-refractivity contribution in [1.29, 1.82) is 0 Å². The summed E-state index contributed by atoms with van der Waals surface area (Å²) in [6.07, 6.45) is 0.0279. The van der Waals surface area contributed by atoms with E-state index in [1.54, 1.807) is 13.8 Å². The van der Waals surface area contributed by atoms with Gasteiger partial charge in [0.05, 0.1) is 0 Å². The van der Waals surface area contributed by atoms with E-state index in [9.17, 15) is 22.0 Å². The molecule has 0 aliphatic heterocycles. The lowest BCUT2D eigenvalue weighted by Crippen LogP contribution is -2.41. The van der Waals surface area contributed by atoms with Crippen LogP contribution in [0, 0.1) is 5.92 Å². The second-order valence-corrected chi connectivity index (χ2v) is 7.23. The zero-order valence-electron chi connectivity index (χ0n) is 12.3. The number of aliphatic carboxylic acids is 1. The zero-order valence-corrected chi connectivity index (χ0v) is 13.9. The number of nitrogens with one attached hydrogen (secondary N) is 1. The van der Waals surface area contributed by atoms with Gasteiger partial charge in [0.2, 0.25) is 10.0 Å². The van der Waals surface area contributed by atoms with E-state index >= 15 is 0 Å². The lowest BCUT2D eigenvalue weighted by Gasteiger charge is -2.18. The van der Waals surface area contributed by atoms with Gasteiger partial charge in [-0.15, -0.1) is 0 Å². The van der Waals surface area contributed by atoms with Crippen molar-refractivity contribution in [3.8, 4) is 5.75 Å².